The third-order valence-electron chi connectivity index (χ3n) is 1.86. The van der Waals surface area contributed by atoms with Crippen molar-refractivity contribution in [1.29, 1.82) is 0 Å². The van der Waals surface area contributed by atoms with Gasteiger partial charge in [0.05, 0.1) is 11.6 Å². The van der Waals surface area contributed by atoms with Crippen LogP contribution in [0.1, 0.15) is 31.9 Å². The first-order chi connectivity index (χ1) is 7.13. The molecule has 5 nitrogen and oxygen atoms in total. The molecule has 0 N–H and O–H groups in total. The van der Waals surface area contributed by atoms with Gasteiger partial charge < -0.3 is 17.0 Å². The van der Waals surface area contributed by atoms with Crippen molar-refractivity contribution in [3.05, 3.63) is 24.1 Å². The maximum absolute atomic E-state index is 11.0. The molecule has 1 unspecified atom stereocenters. The Morgan fingerprint density at radius 2 is 2.19 bits per heavy atom. The van der Waals surface area contributed by atoms with Gasteiger partial charge in [-0.15, -0.1) is 12.1 Å². The summed E-state index contributed by atoms with van der Waals surface area (Å²) in [7, 11) is 3.31. The van der Waals surface area contributed by atoms with Crippen molar-refractivity contribution in [2.24, 2.45) is 7.05 Å². The first-order valence-corrected chi connectivity index (χ1v) is 4.83. The minimum atomic E-state index is -0.0989. The van der Waals surface area contributed by atoms with Crippen molar-refractivity contribution in [2.75, 3.05) is 7.05 Å². The Balaban J connectivity index is 0. The molecule has 1 amide bonds. The molecule has 0 aliphatic heterocycles. The van der Waals surface area contributed by atoms with Crippen LogP contribution in [-0.2, 0) is 44.6 Å². The summed E-state index contributed by atoms with van der Waals surface area (Å²) in [5.41, 5.74) is 0.833. The quantitative estimate of drug-likeness (QED) is 0.798. The molecule has 0 bridgehead atoms. The van der Waals surface area contributed by atoms with Crippen LogP contribution in [0.4, 0.5) is 0 Å². The number of carbonyl (C=O) groups excluding carboxylic acids is 1. The van der Waals surface area contributed by atoms with Gasteiger partial charge in [-0.1, -0.05) is 12.1 Å². The monoisotopic (exact) mass is 299 g/mol. The summed E-state index contributed by atoms with van der Waals surface area (Å²) in [5, 5.41) is 11.3. The van der Waals surface area contributed by atoms with E-state index in [1.165, 1.54) is 7.05 Å². The predicted octanol–water partition coefficient (Wildman–Crippen LogP) is 1.68. The van der Waals surface area contributed by atoms with Crippen LogP contribution in [0.5, 0.6) is 0 Å². The van der Waals surface area contributed by atoms with Gasteiger partial charge in [0.2, 0.25) is 0 Å². The summed E-state index contributed by atoms with van der Waals surface area (Å²) in [5.74, 6) is -0.0111. The Hall–Kier alpha value is -0.286. The fraction of sp³-hybridized carbons (Fsp3) is 0.600. The molecule has 0 saturated heterocycles. The van der Waals surface area contributed by atoms with E-state index in [9.17, 15) is 4.79 Å². The molecule has 1 rings (SSSR count). The number of hydrogen-bond acceptors (Lipinski definition) is 3. The zero-order chi connectivity index (χ0) is 11.8. The molecule has 0 spiro atoms. The van der Waals surface area contributed by atoms with Crippen molar-refractivity contribution in [3.63, 3.8) is 0 Å². The normalized spacial score (nSPS) is 10.6. The van der Waals surface area contributed by atoms with Crippen molar-refractivity contribution < 1.29 is 37.5 Å². The Bertz CT molecular complexity index is 301. The maximum Gasteiger partial charge on any atom is 0.0858 e. The maximum atomic E-state index is 11.0. The van der Waals surface area contributed by atoms with Crippen LogP contribution in [0.3, 0.4) is 0 Å². The van der Waals surface area contributed by atoms with E-state index < -0.39 is 0 Å². The fourth-order valence-electron chi connectivity index (χ4n) is 1.05. The van der Waals surface area contributed by atoms with Crippen LogP contribution in [0.2, 0.25) is 0 Å². The van der Waals surface area contributed by atoms with E-state index in [4.69, 9.17) is 0 Å². The zero-order valence-electron chi connectivity index (χ0n) is 10.3. The van der Waals surface area contributed by atoms with Crippen molar-refractivity contribution in [1.82, 2.24) is 15.0 Å². The fourth-order valence-corrected chi connectivity index (χ4v) is 1.05. The number of aromatic nitrogens is 3. The standard InChI is InChI=1S/C8H14N4O.C2H5.Y/c1-6(4-8(13)9-2)7-5-12(3)11-10-7;1-2;/h5-6H,4H2,1-3H3,(H,9,13);1H2,2H3;/q;-1;/p-1. The SMILES string of the molecule is C[N-]C(=O)CC(C)c1cn(C)nn1.[CH2-]C.[Y]. The van der Waals surface area contributed by atoms with E-state index in [0.29, 0.717) is 6.42 Å². The van der Waals surface area contributed by atoms with Crippen molar-refractivity contribution in [3.8, 4) is 0 Å². The largest absolute Gasteiger partial charge is 0.656 e. The molecule has 0 fully saturated rings. The molecule has 0 saturated carbocycles. The summed E-state index contributed by atoms with van der Waals surface area (Å²) in [4.78, 5) is 11.0. The van der Waals surface area contributed by atoms with E-state index in [-0.39, 0.29) is 44.5 Å². The Morgan fingerprint density at radius 1 is 1.62 bits per heavy atom. The second-order valence-electron chi connectivity index (χ2n) is 3.04. The zero-order valence-corrected chi connectivity index (χ0v) is 13.2. The molecule has 1 aromatic heterocycles. The minimum absolute atomic E-state index is 0. The second-order valence-corrected chi connectivity index (χ2v) is 3.04. The minimum Gasteiger partial charge on any atom is -0.656 e. The van der Waals surface area contributed by atoms with Crippen LogP contribution in [0.15, 0.2) is 6.20 Å². The summed E-state index contributed by atoms with van der Waals surface area (Å²) >= 11 is 0. The van der Waals surface area contributed by atoms with E-state index >= 15 is 0 Å². The van der Waals surface area contributed by atoms with Gasteiger partial charge in [-0.2, -0.15) is 6.92 Å². The van der Waals surface area contributed by atoms with Gasteiger partial charge in [-0.3, -0.25) is 4.68 Å². The smallest absolute Gasteiger partial charge is 0.0858 e. The van der Waals surface area contributed by atoms with Gasteiger partial charge >= 0.3 is 0 Å². The molecule has 0 aliphatic carbocycles. The molecule has 0 aliphatic rings. The Morgan fingerprint density at radius 3 is 2.56 bits per heavy atom. The molecule has 1 radical (unpaired) electrons. The third-order valence-corrected chi connectivity index (χ3v) is 1.86. The van der Waals surface area contributed by atoms with Crippen LogP contribution in [0, 0.1) is 6.92 Å². The van der Waals surface area contributed by atoms with Gasteiger partial charge in [0.1, 0.15) is 0 Å². The Labute approximate surface area is 122 Å². The van der Waals surface area contributed by atoms with E-state index in [2.05, 4.69) is 22.6 Å². The number of aryl methyl sites for hydroxylation is 1. The van der Waals surface area contributed by atoms with Crippen LogP contribution in [-0.4, -0.2) is 27.9 Å². The second kappa shape index (κ2) is 9.91. The van der Waals surface area contributed by atoms with E-state index in [1.807, 2.05) is 13.1 Å². The van der Waals surface area contributed by atoms with Gasteiger partial charge in [-0.25, -0.2) is 0 Å². The van der Waals surface area contributed by atoms with Crippen LogP contribution in [0.25, 0.3) is 5.32 Å². The average molecular weight is 299 g/mol. The molecule has 1 atom stereocenters. The van der Waals surface area contributed by atoms with Crippen LogP contribution < -0.4 is 0 Å². The van der Waals surface area contributed by atoms with Gasteiger partial charge in [-0.05, 0) is 6.42 Å². The molecule has 1 aromatic rings. The number of nitrogens with zero attached hydrogens (tertiary/aromatic N) is 4. The summed E-state index contributed by atoms with van der Waals surface area (Å²) in [6.45, 7) is 6.94. The number of carbonyl (C=O) groups is 1. The van der Waals surface area contributed by atoms with E-state index in [1.54, 1.807) is 18.7 Å². The summed E-state index contributed by atoms with van der Waals surface area (Å²) < 4.78 is 1.62. The van der Waals surface area contributed by atoms with Crippen molar-refractivity contribution in [2.45, 2.75) is 26.2 Å². The molecule has 89 valence electrons. The predicted molar refractivity (Wildman–Crippen MR) is 59.4 cm³/mol. The van der Waals surface area contributed by atoms with Gasteiger partial charge in [0.25, 0.3) is 0 Å². The summed E-state index contributed by atoms with van der Waals surface area (Å²) in [6.07, 6.45) is 2.21. The molecule has 0 aromatic carbocycles. The topological polar surface area (TPSA) is 61.9 Å². The first-order valence-electron chi connectivity index (χ1n) is 4.83. The summed E-state index contributed by atoms with van der Waals surface area (Å²) in [6, 6.07) is 0. The Kier molecular flexibility index (Phi) is 11.2. The van der Waals surface area contributed by atoms with Crippen molar-refractivity contribution >= 4 is 5.91 Å². The van der Waals surface area contributed by atoms with Gasteiger partial charge in [0.15, 0.2) is 0 Å². The van der Waals surface area contributed by atoms with Crippen LogP contribution >= 0.6 is 0 Å². The number of amides is 1. The molecular weight excluding hydrogens is 281 g/mol. The molecular formula is C10H18N4OY-2. The van der Waals surface area contributed by atoms with E-state index in [0.717, 1.165) is 5.69 Å². The third kappa shape index (κ3) is 6.33. The molecule has 1 heterocycles. The first kappa shape index (κ1) is 18.1. The average Bonchev–Trinajstić information content (AvgIpc) is 2.67. The van der Waals surface area contributed by atoms with Gasteiger partial charge in [0, 0.05) is 51.9 Å². The molecule has 6 heteroatoms. The molecule has 16 heavy (non-hydrogen) atoms. The number of rotatable bonds is 3. The number of hydrogen-bond donors (Lipinski definition) is 0.